The lowest BCUT2D eigenvalue weighted by Crippen LogP contribution is -2.39. The van der Waals surface area contributed by atoms with Crippen molar-refractivity contribution in [3.63, 3.8) is 0 Å². The van der Waals surface area contributed by atoms with Gasteiger partial charge in [0.1, 0.15) is 0 Å². The van der Waals surface area contributed by atoms with Crippen molar-refractivity contribution in [2.24, 2.45) is 0 Å². The van der Waals surface area contributed by atoms with Gasteiger partial charge < -0.3 is 15.5 Å². The molecule has 6 heteroatoms. The highest BCUT2D eigenvalue weighted by atomic mass is 35.5. The van der Waals surface area contributed by atoms with E-state index in [1.165, 1.54) is 5.56 Å². The van der Waals surface area contributed by atoms with E-state index < -0.39 is 0 Å². The molecule has 1 aromatic carbocycles. The topological polar surface area (TPSA) is 61.4 Å². The first-order valence-electron chi connectivity index (χ1n) is 7.02. The number of rotatable bonds is 6. The lowest BCUT2D eigenvalue weighted by molar-refractivity contribution is -0.121. The summed E-state index contributed by atoms with van der Waals surface area (Å²) in [6.07, 6.45) is 1.65. The van der Waals surface area contributed by atoms with Gasteiger partial charge in [0.15, 0.2) is 0 Å². The standard InChI is InChI=1S/C15H21N3O2.ClH/c1-16-9-10-17-14(19)8-11-18-13-5-3-2-4-12(13)6-7-15(18)20;/h2-5,16H,6-11H2,1H3,(H,17,19);1H. The zero-order chi connectivity index (χ0) is 14.4. The molecule has 0 aliphatic carbocycles. The third-order valence-electron chi connectivity index (χ3n) is 3.45. The number of amides is 2. The highest BCUT2D eigenvalue weighted by Crippen LogP contribution is 2.27. The van der Waals surface area contributed by atoms with Gasteiger partial charge in [-0.15, -0.1) is 12.4 Å². The number of halogens is 1. The van der Waals surface area contributed by atoms with Crippen LogP contribution in [0.4, 0.5) is 5.69 Å². The SMILES string of the molecule is CNCCNC(=O)CCN1C(=O)CCc2ccccc21.Cl. The van der Waals surface area contributed by atoms with Crippen LogP contribution in [-0.2, 0) is 16.0 Å². The first-order valence-corrected chi connectivity index (χ1v) is 7.02. The Bertz CT molecular complexity index is 494. The summed E-state index contributed by atoms with van der Waals surface area (Å²) in [5.41, 5.74) is 2.13. The van der Waals surface area contributed by atoms with E-state index in [0.29, 0.717) is 25.9 Å². The smallest absolute Gasteiger partial charge is 0.227 e. The number of nitrogens with one attached hydrogen (secondary N) is 2. The maximum Gasteiger partial charge on any atom is 0.227 e. The molecular formula is C15H22ClN3O2. The second-order valence-corrected chi connectivity index (χ2v) is 4.88. The summed E-state index contributed by atoms with van der Waals surface area (Å²) in [5.74, 6) is 0.0860. The first-order chi connectivity index (χ1) is 9.72. The Labute approximate surface area is 131 Å². The number of para-hydroxylation sites is 1. The van der Waals surface area contributed by atoms with Gasteiger partial charge in [-0.2, -0.15) is 0 Å². The van der Waals surface area contributed by atoms with E-state index >= 15 is 0 Å². The Morgan fingerprint density at radius 1 is 1.24 bits per heavy atom. The summed E-state index contributed by atoms with van der Waals surface area (Å²) in [7, 11) is 1.84. The lowest BCUT2D eigenvalue weighted by Gasteiger charge is -2.29. The molecule has 1 aliphatic rings. The van der Waals surface area contributed by atoms with Gasteiger partial charge in [-0.3, -0.25) is 9.59 Å². The average Bonchev–Trinajstić information content (AvgIpc) is 2.46. The van der Waals surface area contributed by atoms with Gasteiger partial charge in [-0.05, 0) is 25.1 Å². The van der Waals surface area contributed by atoms with Gasteiger partial charge in [-0.1, -0.05) is 18.2 Å². The number of hydrogen-bond donors (Lipinski definition) is 2. The van der Waals surface area contributed by atoms with E-state index in [4.69, 9.17) is 0 Å². The number of likely N-dealkylation sites (N-methyl/N-ethyl adjacent to an activating group) is 1. The minimum atomic E-state index is -0.0175. The predicted octanol–water partition coefficient (Wildman–Crippen LogP) is 1.11. The molecule has 1 aliphatic heterocycles. The van der Waals surface area contributed by atoms with Crippen LogP contribution < -0.4 is 15.5 Å². The monoisotopic (exact) mass is 311 g/mol. The number of aryl methyl sites for hydroxylation is 1. The summed E-state index contributed by atoms with van der Waals surface area (Å²) in [6, 6.07) is 7.90. The molecule has 0 aromatic heterocycles. The van der Waals surface area contributed by atoms with Crippen LogP contribution in [0.1, 0.15) is 18.4 Å². The van der Waals surface area contributed by atoms with Crippen molar-refractivity contribution in [1.29, 1.82) is 0 Å². The molecule has 0 fully saturated rings. The number of benzene rings is 1. The maximum atomic E-state index is 12.0. The van der Waals surface area contributed by atoms with Crippen molar-refractivity contribution in [3.8, 4) is 0 Å². The second-order valence-electron chi connectivity index (χ2n) is 4.88. The number of nitrogens with zero attached hydrogens (tertiary/aromatic N) is 1. The molecule has 1 heterocycles. The summed E-state index contributed by atoms with van der Waals surface area (Å²) in [6.45, 7) is 1.80. The van der Waals surface area contributed by atoms with E-state index in [1.807, 2.05) is 31.3 Å². The van der Waals surface area contributed by atoms with Crippen LogP contribution in [0.15, 0.2) is 24.3 Å². The van der Waals surface area contributed by atoms with Crippen LogP contribution >= 0.6 is 12.4 Å². The molecule has 0 bridgehead atoms. The molecule has 0 saturated carbocycles. The molecule has 0 spiro atoms. The minimum absolute atomic E-state index is 0. The fourth-order valence-corrected chi connectivity index (χ4v) is 2.37. The molecule has 116 valence electrons. The number of fused-ring (bicyclic) bond motifs is 1. The molecule has 0 atom stereocenters. The Kier molecular flexibility index (Phi) is 7.19. The highest BCUT2D eigenvalue weighted by molar-refractivity contribution is 5.96. The molecule has 0 radical (unpaired) electrons. The van der Waals surface area contributed by atoms with Crippen LogP contribution in [0.3, 0.4) is 0 Å². The van der Waals surface area contributed by atoms with Crippen molar-refractivity contribution >= 4 is 29.9 Å². The second kappa shape index (κ2) is 8.64. The van der Waals surface area contributed by atoms with Crippen molar-refractivity contribution in [3.05, 3.63) is 29.8 Å². The van der Waals surface area contributed by atoms with Gasteiger partial charge in [0.2, 0.25) is 11.8 Å². The predicted molar refractivity (Wildman–Crippen MR) is 85.9 cm³/mol. The van der Waals surface area contributed by atoms with Crippen LogP contribution in [0, 0.1) is 0 Å². The molecule has 5 nitrogen and oxygen atoms in total. The van der Waals surface area contributed by atoms with E-state index in [9.17, 15) is 9.59 Å². The normalized spacial score (nSPS) is 13.4. The van der Waals surface area contributed by atoms with Crippen molar-refractivity contribution in [1.82, 2.24) is 10.6 Å². The number of carbonyl (C=O) groups is 2. The molecule has 1 aromatic rings. The van der Waals surface area contributed by atoms with Gasteiger partial charge in [0.05, 0.1) is 0 Å². The highest BCUT2D eigenvalue weighted by Gasteiger charge is 2.23. The van der Waals surface area contributed by atoms with E-state index in [-0.39, 0.29) is 24.2 Å². The third kappa shape index (κ3) is 4.72. The average molecular weight is 312 g/mol. The van der Waals surface area contributed by atoms with E-state index in [2.05, 4.69) is 10.6 Å². The zero-order valence-electron chi connectivity index (χ0n) is 12.2. The fraction of sp³-hybridized carbons (Fsp3) is 0.467. The Balaban J connectivity index is 0.00000220. The quantitative estimate of drug-likeness (QED) is 0.774. The van der Waals surface area contributed by atoms with Crippen LogP contribution in [-0.4, -0.2) is 38.5 Å². The van der Waals surface area contributed by atoms with Crippen LogP contribution in [0.25, 0.3) is 0 Å². The number of anilines is 1. The molecule has 2 rings (SSSR count). The van der Waals surface area contributed by atoms with Gasteiger partial charge in [-0.25, -0.2) is 0 Å². The Morgan fingerprint density at radius 3 is 2.76 bits per heavy atom. The summed E-state index contributed by atoms with van der Waals surface area (Å²) < 4.78 is 0. The van der Waals surface area contributed by atoms with Crippen molar-refractivity contribution < 1.29 is 9.59 Å². The lowest BCUT2D eigenvalue weighted by atomic mass is 10.0. The molecular weight excluding hydrogens is 290 g/mol. The van der Waals surface area contributed by atoms with Gasteiger partial charge >= 0.3 is 0 Å². The summed E-state index contributed by atoms with van der Waals surface area (Å²) in [4.78, 5) is 25.4. The van der Waals surface area contributed by atoms with E-state index in [1.54, 1.807) is 4.90 Å². The maximum absolute atomic E-state index is 12.0. The van der Waals surface area contributed by atoms with E-state index in [0.717, 1.165) is 18.7 Å². The van der Waals surface area contributed by atoms with Crippen molar-refractivity contribution in [2.45, 2.75) is 19.3 Å². The van der Waals surface area contributed by atoms with Crippen LogP contribution in [0.2, 0.25) is 0 Å². The zero-order valence-corrected chi connectivity index (χ0v) is 13.0. The molecule has 0 unspecified atom stereocenters. The molecule has 21 heavy (non-hydrogen) atoms. The summed E-state index contributed by atoms with van der Waals surface area (Å²) >= 11 is 0. The molecule has 2 amide bonds. The Morgan fingerprint density at radius 2 is 2.00 bits per heavy atom. The molecule has 0 saturated heterocycles. The fourth-order valence-electron chi connectivity index (χ4n) is 2.37. The number of hydrogen-bond acceptors (Lipinski definition) is 3. The molecule has 2 N–H and O–H groups in total. The number of carbonyl (C=O) groups excluding carboxylic acids is 2. The largest absolute Gasteiger partial charge is 0.355 e. The van der Waals surface area contributed by atoms with Gasteiger partial charge in [0, 0.05) is 38.2 Å². The van der Waals surface area contributed by atoms with Crippen LogP contribution in [0.5, 0.6) is 0 Å². The van der Waals surface area contributed by atoms with Gasteiger partial charge in [0.25, 0.3) is 0 Å². The minimum Gasteiger partial charge on any atom is -0.355 e. The first kappa shape index (κ1) is 17.5. The third-order valence-corrected chi connectivity index (χ3v) is 3.45. The Hall–Kier alpha value is -1.59. The summed E-state index contributed by atoms with van der Waals surface area (Å²) in [5, 5.41) is 5.79. The van der Waals surface area contributed by atoms with Crippen molar-refractivity contribution in [2.75, 3.05) is 31.6 Å².